The topological polar surface area (TPSA) is 35.6 Å². The maximum absolute atomic E-state index is 11.7. The molecule has 1 N–H and O–H groups in total. The van der Waals surface area contributed by atoms with Crippen LogP contribution >= 0.6 is 0 Å². The number of amides is 1. The summed E-state index contributed by atoms with van der Waals surface area (Å²) in [5.74, 6) is 0.0982. The Labute approximate surface area is 103 Å². The van der Waals surface area contributed by atoms with Gasteiger partial charge in [0.1, 0.15) is 0 Å². The number of likely N-dealkylation sites (N-methyl/N-ethyl adjacent to an activating group) is 1. The van der Waals surface area contributed by atoms with Gasteiger partial charge in [0.05, 0.1) is 17.9 Å². The van der Waals surface area contributed by atoms with Crippen molar-refractivity contribution >= 4 is 17.3 Å². The molecule has 0 saturated carbocycles. The molecular formula is C13H21N3O. The standard InChI is InChI=1S/C13H21N3O/c1-5-16(4)13(17)10-14-11-8-6-7-9-12(11)15(2)3/h6-9,14H,5,10H2,1-4H3. The lowest BCUT2D eigenvalue weighted by Gasteiger charge is -2.20. The predicted molar refractivity (Wildman–Crippen MR) is 72.6 cm³/mol. The van der Waals surface area contributed by atoms with Gasteiger partial charge in [-0.2, -0.15) is 0 Å². The number of para-hydroxylation sites is 2. The summed E-state index contributed by atoms with van der Waals surface area (Å²) >= 11 is 0. The van der Waals surface area contributed by atoms with Crippen molar-refractivity contribution in [3.05, 3.63) is 24.3 Å². The lowest BCUT2D eigenvalue weighted by atomic mass is 10.2. The normalized spacial score (nSPS) is 9.88. The summed E-state index contributed by atoms with van der Waals surface area (Å²) < 4.78 is 0. The summed E-state index contributed by atoms with van der Waals surface area (Å²) in [5, 5.41) is 3.18. The largest absolute Gasteiger partial charge is 0.376 e. The summed E-state index contributed by atoms with van der Waals surface area (Å²) in [7, 11) is 5.78. The van der Waals surface area contributed by atoms with Crippen LogP contribution in [0.25, 0.3) is 0 Å². The highest BCUT2D eigenvalue weighted by atomic mass is 16.2. The molecule has 17 heavy (non-hydrogen) atoms. The first-order valence-corrected chi connectivity index (χ1v) is 5.80. The fourth-order valence-electron chi connectivity index (χ4n) is 1.50. The van der Waals surface area contributed by atoms with Crippen LogP contribution in [0.2, 0.25) is 0 Å². The van der Waals surface area contributed by atoms with Gasteiger partial charge in [-0.1, -0.05) is 12.1 Å². The zero-order valence-electron chi connectivity index (χ0n) is 11.0. The highest BCUT2D eigenvalue weighted by molar-refractivity contribution is 5.82. The molecule has 4 nitrogen and oxygen atoms in total. The van der Waals surface area contributed by atoms with Gasteiger partial charge in [0.25, 0.3) is 0 Å². The molecule has 0 aliphatic rings. The van der Waals surface area contributed by atoms with Crippen LogP contribution in [0.15, 0.2) is 24.3 Å². The van der Waals surface area contributed by atoms with Crippen molar-refractivity contribution in [2.24, 2.45) is 0 Å². The van der Waals surface area contributed by atoms with Gasteiger partial charge in [0.2, 0.25) is 5.91 Å². The van der Waals surface area contributed by atoms with Crippen molar-refractivity contribution in [1.29, 1.82) is 0 Å². The number of benzene rings is 1. The molecule has 0 bridgehead atoms. The summed E-state index contributed by atoms with van der Waals surface area (Å²) in [6.45, 7) is 3.02. The van der Waals surface area contributed by atoms with E-state index in [9.17, 15) is 4.79 Å². The van der Waals surface area contributed by atoms with Crippen LogP contribution in [-0.4, -0.2) is 45.0 Å². The zero-order valence-corrected chi connectivity index (χ0v) is 11.0. The van der Waals surface area contributed by atoms with Crippen LogP contribution < -0.4 is 10.2 Å². The van der Waals surface area contributed by atoms with Crippen molar-refractivity contribution < 1.29 is 4.79 Å². The average Bonchev–Trinajstić information content (AvgIpc) is 2.35. The first-order chi connectivity index (χ1) is 8.06. The molecule has 1 rings (SSSR count). The highest BCUT2D eigenvalue weighted by Gasteiger charge is 2.08. The van der Waals surface area contributed by atoms with E-state index in [1.54, 1.807) is 4.90 Å². The quantitative estimate of drug-likeness (QED) is 0.843. The first kappa shape index (κ1) is 13.4. The molecule has 94 valence electrons. The summed E-state index contributed by atoms with van der Waals surface area (Å²) in [5.41, 5.74) is 2.06. The van der Waals surface area contributed by atoms with E-state index in [2.05, 4.69) is 5.32 Å². The van der Waals surface area contributed by atoms with E-state index in [0.717, 1.165) is 17.9 Å². The summed E-state index contributed by atoms with van der Waals surface area (Å²) in [6, 6.07) is 7.95. The summed E-state index contributed by atoms with van der Waals surface area (Å²) in [6.07, 6.45) is 0. The number of nitrogens with zero attached hydrogens (tertiary/aromatic N) is 2. The van der Waals surface area contributed by atoms with Crippen molar-refractivity contribution in [1.82, 2.24) is 4.90 Å². The van der Waals surface area contributed by atoms with Gasteiger partial charge in [-0.3, -0.25) is 4.79 Å². The van der Waals surface area contributed by atoms with Gasteiger partial charge in [-0.25, -0.2) is 0 Å². The van der Waals surface area contributed by atoms with Crippen LogP contribution in [0.4, 0.5) is 11.4 Å². The molecule has 1 aromatic carbocycles. The van der Waals surface area contributed by atoms with Gasteiger partial charge in [0.15, 0.2) is 0 Å². The highest BCUT2D eigenvalue weighted by Crippen LogP contribution is 2.22. The van der Waals surface area contributed by atoms with E-state index in [-0.39, 0.29) is 5.91 Å². The third kappa shape index (κ3) is 3.66. The molecule has 0 unspecified atom stereocenters. The fourth-order valence-corrected chi connectivity index (χ4v) is 1.50. The minimum atomic E-state index is 0.0982. The molecule has 0 saturated heterocycles. The van der Waals surface area contributed by atoms with Crippen LogP contribution in [0.3, 0.4) is 0 Å². The summed E-state index contributed by atoms with van der Waals surface area (Å²) in [4.78, 5) is 15.4. The molecule has 1 amide bonds. The minimum absolute atomic E-state index is 0.0982. The van der Waals surface area contributed by atoms with Crippen molar-refractivity contribution in [2.45, 2.75) is 6.92 Å². The minimum Gasteiger partial charge on any atom is -0.376 e. The molecule has 0 aromatic heterocycles. The fraction of sp³-hybridized carbons (Fsp3) is 0.462. The molecular weight excluding hydrogens is 214 g/mol. The second-order valence-corrected chi connectivity index (χ2v) is 4.17. The number of carbonyl (C=O) groups excluding carboxylic acids is 1. The Morgan fingerprint density at radius 1 is 1.24 bits per heavy atom. The smallest absolute Gasteiger partial charge is 0.241 e. The molecule has 0 atom stereocenters. The Balaban J connectivity index is 2.66. The monoisotopic (exact) mass is 235 g/mol. The van der Waals surface area contributed by atoms with Crippen molar-refractivity contribution in [2.75, 3.05) is 44.4 Å². The third-order valence-corrected chi connectivity index (χ3v) is 2.72. The lowest BCUT2D eigenvalue weighted by molar-refractivity contribution is -0.127. The molecule has 1 aromatic rings. The average molecular weight is 235 g/mol. The van der Waals surface area contributed by atoms with E-state index in [1.165, 1.54) is 0 Å². The van der Waals surface area contributed by atoms with E-state index in [1.807, 2.05) is 57.2 Å². The van der Waals surface area contributed by atoms with Gasteiger partial charge >= 0.3 is 0 Å². The Hall–Kier alpha value is -1.71. The zero-order chi connectivity index (χ0) is 12.8. The van der Waals surface area contributed by atoms with E-state index >= 15 is 0 Å². The van der Waals surface area contributed by atoms with Gasteiger partial charge < -0.3 is 15.1 Å². The molecule has 0 radical (unpaired) electrons. The Morgan fingerprint density at radius 2 is 1.88 bits per heavy atom. The third-order valence-electron chi connectivity index (χ3n) is 2.72. The Morgan fingerprint density at radius 3 is 2.47 bits per heavy atom. The van der Waals surface area contributed by atoms with Crippen molar-refractivity contribution in [3.8, 4) is 0 Å². The molecule has 0 spiro atoms. The van der Waals surface area contributed by atoms with Crippen molar-refractivity contribution in [3.63, 3.8) is 0 Å². The van der Waals surface area contributed by atoms with Gasteiger partial charge in [0, 0.05) is 27.7 Å². The molecule has 4 heteroatoms. The van der Waals surface area contributed by atoms with Crippen LogP contribution in [-0.2, 0) is 4.79 Å². The second kappa shape index (κ2) is 6.13. The van der Waals surface area contributed by atoms with E-state index in [4.69, 9.17) is 0 Å². The van der Waals surface area contributed by atoms with Crippen LogP contribution in [0.5, 0.6) is 0 Å². The molecule has 0 aliphatic heterocycles. The number of anilines is 2. The lowest BCUT2D eigenvalue weighted by Crippen LogP contribution is -2.32. The number of hydrogen-bond acceptors (Lipinski definition) is 3. The number of rotatable bonds is 5. The number of hydrogen-bond donors (Lipinski definition) is 1. The van der Waals surface area contributed by atoms with Gasteiger partial charge in [-0.15, -0.1) is 0 Å². The maximum Gasteiger partial charge on any atom is 0.241 e. The van der Waals surface area contributed by atoms with E-state index in [0.29, 0.717) is 6.54 Å². The van der Waals surface area contributed by atoms with Gasteiger partial charge in [-0.05, 0) is 19.1 Å². The maximum atomic E-state index is 11.7. The van der Waals surface area contributed by atoms with Crippen LogP contribution in [0.1, 0.15) is 6.92 Å². The van der Waals surface area contributed by atoms with E-state index < -0.39 is 0 Å². The molecule has 0 heterocycles. The second-order valence-electron chi connectivity index (χ2n) is 4.17. The number of nitrogens with one attached hydrogen (secondary N) is 1. The molecule has 0 aliphatic carbocycles. The van der Waals surface area contributed by atoms with Crippen LogP contribution in [0, 0.1) is 0 Å². The Bertz CT molecular complexity index is 377. The molecule has 0 fully saturated rings. The number of carbonyl (C=O) groups is 1. The first-order valence-electron chi connectivity index (χ1n) is 5.80. The SMILES string of the molecule is CCN(C)C(=O)CNc1ccccc1N(C)C. The predicted octanol–water partition coefficient (Wildman–Crippen LogP) is 1.64. The Kier molecular flexibility index (Phi) is 4.82.